The van der Waals surface area contributed by atoms with Gasteiger partial charge in [-0.05, 0) is 48.6 Å². The molecule has 1 atom stereocenters. The molecular formula is C20H23NO4S. The largest absolute Gasteiger partial charge is 0.484 e. The summed E-state index contributed by atoms with van der Waals surface area (Å²) in [6.45, 7) is 1.83. The van der Waals surface area contributed by atoms with Gasteiger partial charge < -0.3 is 15.2 Å². The maximum atomic E-state index is 11.9. The van der Waals surface area contributed by atoms with E-state index in [4.69, 9.17) is 9.84 Å². The monoisotopic (exact) mass is 373 g/mol. The van der Waals surface area contributed by atoms with Gasteiger partial charge in [-0.15, -0.1) is 0 Å². The molecule has 0 saturated heterocycles. The Morgan fingerprint density at radius 2 is 1.65 bits per heavy atom. The summed E-state index contributed by atoms with van der Waals surface area (Å²) in [5, 5.41) is 11.6. The van der Waals surface area contributed by atoms with Crippen LogP contribution in [0.3, 0.4) is 0 Å². The number of carboxylic acid groups (broad SMARTS) is 1. The smallest absolute Gasteiger partial charge is 0.326 e. The average Bonchev–Trinajstić information content (AvgIpc) is 2.64. The number of aliphatic carboxylic acids is 1. The molecule has 1 amide bonds. The van der Waals surface area contributed by atoms with Crippen molar-refractivity contribution in [1.29, 1.82) is 0 Å². The van der Waals surface area contributed by atoms with E-state index in [0.29, 0.717) is 17.9 Å². The van der Waals surface area contributed by atoms with Crippen molar-refractivity contribution < 1.29 is 19.4 Å². The first-order valence-electron chi connectivity index (χ1n) is 8.30. The van der Waals surface area contributed by atoms with Gasteiger partial charge in [0.2, 0.25) is 0 Å². The quantitative estimate of drug-likeness (QED) is 0.705. The fourth-order valence-electron chi connectivity index (χ4n) is 2.37. The molecule has 0 aliphatic heterocycles. The molecule has 2 aromatic carbocycles. The van der Waals surface area contributed by atoms with Crippen LogP contribution in [0.5, 0.6) is 5.75 Å². The number of carboxylic acids is 1. The zero-order valence-corrected chi connectivity index (χ0v) is 15.7. The Morgan fingerprint density at radius 3 is 2.19 bits per heavy atom. The predicted molar refractivity (Wildman–Crippen MR) is 105 cm³/mol. The summed E-state index contributed by atoms with van der Waals surface area (Å²) >= 11 is 1.54. The fraction of sp³-hybridized carbons (Fsp3) is 0.300. The number of aryl methyl sites for hydroxylation is 1. The zero-order chi connectivity index (χ0) is 18.9. The average molecular weight is 373 g/mol. The van der Waals surface area contributed by atoms with Gasteiger partial charge >= 0.3 is 5.97 Å². The summed E-state index contributed by atoms with van der Waals surface area (Å²) in [7, 11) is 0. The van der Waals surface area contributed by atoms with E-state index in [0.717, 1.165) is 11.1 Å². The van der Waals surface area contributed by atoms with Crippen molar-refractivity contribution in [3.05, 3.63) is 54.1 Å². The Morgan fingerprint density at radius 1 is 1.08 bits per heavy atom. The fourth-order valence-corrected chi connectivity index (χ4v) is 2.84. The number of carbonyl (C=O) groups is 2. The third-order valence-electron chi connectivity index (χ3n) is 3.85. The number of thioether (sulfide) groups is 1. The number of hydrogen-bond acceptors (Lipinski definition) is 4. The molecule has 1 unspecified atom stereocenters. The molecule has 6 heteroatoms. The van der Waals surface area contributed by atoms with Crippen LogP contribution in [0.15, 0.2) is 48.5 Å². The summed E-state index contributed by atoms with van der Waals surface area (Å²) in [5.41, 5.74) is 3.37. The minimum atomic E-state index is -1.03. The summed E-state index contributed by atoms with van der Waals surface area (Å²) in [5.74, 6) is -0.249. The predicted octanol–water partition coefficient (Wildman–Crippen LogP) is 3.36. The maximum absolute atomic E-state index is 11.9. The maximum Gasteiger partial charge on any atom is 0.326 e. The zero-order valence-electron chi connectivity index (χ0n) is 14.9. The van der Waals surface area contributed by atoms with Crippen molar-refractivity contribution in [2.24, 2.45) is 0 Å². The Labute approximate surface area is 157 Å². The van der Waals surface area contributed by atoms with E-state index in [2.05, 4.69) is 29.6 Å². The van der Waals surface area contributed by atoms with Crippen molar-refractivity contribution in [2.45, 2.75) is 19.4 Å². The first-order chi connectivity index (χ1) is 12.5. The number of carbonyl (C=O) groups excluding carboxylic acids is 1. The Kier molecular flexibility index (Phi) is 7.53. The van der Waals surface area contributed by atoms with Gasteiger partial charge in [0.1, 0.15) is 11.8 Å². The van der Waals surface area contributed by atoms with E-state index in [1.807, 2.05) is 25.3 Å². The van der Waals surface area contributed by atoms with Crippen LogP contribution in [0, 0.1) is 6.92 Å². The van der Waals surface area contributed by atoms with E-state index in [-0.39, 0.29) is 6.61 Å². The molecule has 0 aliphatic carbocycles. The standard InChI is InChI=1S/C20H23NO4S/c1-14-3-5-15(6-4-14)16-7-9-17(10-8-16)25-13-19(22)21-18(20(23)24)11-12-26-2/h3-10,18H,11-13H2,1-2H3,(H,21,22)(H,23,24). The molecule has 2 rings (SSSR count). The minimum absolute atomic E-state index is 0.215. The summed E-state index contributed by atoms with van der Waals surface area (Å²) in [4.78, 5) is 23.1. The van der Waals surface area contributed by atoms with Crippen molar-refractivity contribution in [2.75, 3.05) is 18.6 Å². The molecule has 2 aromatic rings. The highest BCUT2D eigenvalue weighted by Gasteiger charge is 2.19. The van der Waals surface area contributed by atoms with E-state index in [9.17, 15) is 9.59 Å². The van der Waals surface area contributed by atoms with E-state index in [1.165, 1.54) is 17.3 Å². The molecule has 0 spiro atoms. The molecule has 0 aliphatic rings. The van der Waals surface area contributed by atoms with Crippen LogP contribution in [-0.4, -0.2) is 41.6 Å². The van der Waals surface area contributed by atoms with Gasteiger partial charge in [-0.1, -0.05) is 42.0 Å². The minimum Gasteiger partial charge on any atom is -0.484 e. The van der Waals surface area contributed by atoms with Crippen LogP contribution in [0.2, 0.25) is 0 Å². The Bertz CT molecular complexity index is 728. The number of ether oxygens (including phenoxy) is 1. The summed E-state index contributed by atoms with van der Waals surface area (Å²) in [6, 6.07) is 14.8. The molecule has 0 aromatic heterocycles. The molecule has 5 nitrogen and oxygen atoms in total. The number of amides is 1. The first kappa shape index (κ1) is 19.8. The third kappa shape index (κ3) is 6.11. The normalized spacial score (nSPS) is 11.6. The number of rotatable bonds is 9. The van der Waals surface area contributed by atoms with Crippen LogP contribution < -0.4 is 10.1 Å². The second-order valence-electron chi connectivity index (χ2n) is 5.92. The number of nitrogens with one attached hydrogen (secondary N) is 1. The second-order valence-corrected chi connectivity index (χ2v) is 6.90. The molecular weight excluding hydrogens is 350 g/mol. The van der Waals surface area contributed by atoms with Gasteiger partial charge in [-0.2, -0.15) is 11.8 Å². The topological polar surface area (TPSA) is 75.6 Å². The molecule has 0 heterocycles. The molecule has 138 valence electrons. The van der Waals surface area contributed by atoms with Crippen molar-refractivity contribution in [3.8, 4) is 16.9 Å². The van der Waals surface area contributed by atoms with Crippen molar-refractivity contribution in [1.82, 2.24) is 5.32 Å². The van der Waals surface area contributed by atoms with Crippen LogP contribution in [0.4, 0.5) is 0 Å². The molecule has 0 saturated carbocycles. The highest BCUT2D eigenvalue weighted by atomic mass is 32.2. The number of benzene rings is 2. The Hall–Kier alpha value is -2.47. The van der Waals surface area contributed by atoms with Crippen LogP contribution in [0.1, 0.15) is 12.0 Å². The van der Waals surface area contributed by atoms with Crippen LogP contribution in [0.25, 0.3) is 11.1 Å². The van der Waals surface area contributed by atoms with Crippen molar-refractivity contribution >= 4 is 23.6 Å². The lowest BCUT2D eigenvalue weighted by Crippen LogP contribution is -2.43. The van der Waals surface area contributed by atoms with Gasteiger partial charge in [-0.25, -0.2) is 4.79 Å². The molecule has 26 heavy (non-hydrogen) atoms. The SMILES string of the molecule is CSCCC(NC(=O)COc1ccc(-c2ccc(C)cc2)cc1)C(=O)O. The van der Waals surface area contributed by atoms with Gasteiger partial charge in [0, 0.05) is 0 Å². The second kappa shape index (κ2) is 9.87. The highest BCUT2D eigenvalue weighted by molar-refractivity contribution is 7.98. The third-order valence-corrected chi connectivity index (χ3v) is 4.50. The van der Waals surface area contributed by atoms with E-state index >= 15 is 0 Å². The van der Waals surface area contributed by atoms with Crippen LogP contribution in [-0.2, 0) is 9.59 Å². The lowest BCUT2D eigenvalue weighted by Gasteiger charge is -2.14. The molecule has 0 fully saturated rings. The van der Waals surface area contributed by atoms with Gasteiger partial charge in [0.25, 0.3) is 5.91 Å². The van der Waals surface area contributed by atoms with Crippen molar-refractivity contribution in [3.63, 3.8) is 0 Å². The lowest BCUT2D eigenvalue weighted by atomic mass is 10.0. The van der Waals surface area contributed by atoms with Gasteiger partial charge in [-0.3, -0.25) is 4.79 Å². The van der Waals surface area contributed by atoms with Crippen LogP contribution >= 0.6 is 11.8 Å². The lowest BCUT2D eigenvalue weighted by molar-refractivity contribution is -0.142. The van der Waals surface area contributed by atoms with E-state index in [1.54, 1.807) is 12.1 Å². The summed E-state index contributed by atoms with van der Waals surface area (Å²) < 4.78 is 5.45. The molecule has 0 bridgehead atoms. The molecule has 2 N–H and O–H groups in total. The number of hydrogen-bond donors (Lipinski definition) is 2. The van der Waals surface area contributed by atoms with Gasteiger partial charge in [0.05, 0.1) is 0 Å². The van der Waals surface area contributed by atoms with Gasteiger partial charge in [0.15, 0.2) is 6.61 Å². The first-order valence-corrected chi connectivity index (χ1v) is 9.70. The molecule has 0 radical (unpaired) electrons. The highest BCUT2D eigenvalue weighted by Crippen LogP contribution is 2.22. The summed E-state index contributed by atoms with van der Waals surface area (Å²) in [6.07, 6.45) is 2.28. The van der Waals surface area contributed by atoms with E-state index < -0.39 is 17.9 Å². The Balaban J connectivity index is 1.87.